The highest BCUT2D eigenvalue weighted by Crippen LogP contribution is 2.13. The predicted octanol–water partition coefficient (Wildman–Crippen LogP) is 3.91. The first-order valence-corrected chi connectivity index (χ1v) is 6.41. The van der Waals surface area contributed by atoms with Gasteiger partial charge in [0.25, 0.3) is 0 Å². The van der Waals surface area contributed by atoms with Gasteiger partial charge in [-0.15, -0.1) is 0 Å². The maximum atomic E-state index is 13.0. The lowest BCUT2D eigenvalue weighted by atomic mass is 10.0. The average molecular weight is 270 g/mol. The molecule has 1 aromatic rings. The van der Waals surface area contributed by atoms with E-state index in [4.69, 9.17) is 0 Å². The van der Waals surface area contributed by atoms with Crippen LogP contribution in [0.3, 0.4) is 0 Å². The van der Waals surface area contributed by atoms with Gasteiger partial charge in [-0.1, -0.05) is 13.8 Å². The van der Waals surface area contributed by atoms with Crippen molar-refractivity contribution in [2.45, 2.75) is 39.7 Å². The van der Waals surface area contributed by atoms with Crippen LogP contribution in [0.5, 0.6) is 0 Å². The summed E-state index contributed by atoms with van der Waals surface area (Å²) in [6.07, 6.45) is 1.90. The number of halogens is 2. The Kier molecular flexibility index (Phi) is 5.73. The molecule has 0 saturated carbocycles. The molecular weight excluding hydrogens is 250 g/mol. The molecule has 19 heavy (non-hydrogen) atoms. The fraction of sp³-hybridized carbons (Fsp3) is 0.500. The Bertz CT molecular complexity index is 435. The van der Waals surface area contributed by atoms with E-state index in [0.717, 1.165) is 25.0 Å². The van der Waals surface area contributed by atoms with Crippen molar-refractivity contribution in [1.29, 1.82) is 0 Å². The van der Waals surface area contributed by atoms with E-state index in [0.29, 0.717) is 5.92 Å². The van der Waals surface area contributed by atoms with Crippen molar-refractivity contribution in [3.63, 3.8) is 0 Å². The molecule has 0 spiro atoms. The molecule has 1 unspecified atom stereocenters. The summed E-state index contributed by atoms with van der Waals surface area (Å²) < 4.78 is 25.7. The molecule has 0 radical (unpaired) electrons. The molecule has 1 rings (SSSR count). The molecule has 0 heterocycles. The van der Waals surface area contributed by atoms with Crippen molar-refractivity contribution < 1.29 is 13.6 Å². The van der Waals surface area contributed by atoms with E-state index < -0.39 is 17.7 Å². The van der Waals surface area contributed by atoms with Crippen LogP contribution in [0.25, 0.3) is 0 Å². The fourth-order valence-corrected chi connectivity index (χ4v) is 1.62. The van der Waals surface area contributed by atoms with E-state index in [1.54, 1.807) is 0 Å². The van der Waals surface area contributed by atoms with Crippen LogP contribution >= 0.6 is 0 Å². The van der Waals surface area contributed by atoms with Crippen LogP contribution < -0.4 is 10.6 Å². The summed E-state index contributed by atoms with van der Waals surface area (Å²) in [5, 5.41) is 5.22. The van der Waals surface area contributed by atoms with E-state index in [2.05, 4.69) is 24.5 Å². The van der Waals surface area contributed by atoms with Gasteiger partial charge in [-0.25, -0.2) is 13.6 Å². The fourth-order valence-electron chi connectivity index (χ4n) is 1.62. The van der Waals surface area contributed by atoms with Crippen molar-refractivity contribution in [1.82, 2.24) is 5.32 Å². The number of amides is 2. The van der Waals surface area contributed by atoms with Crippen molar-refractivity contribution in [3.8, 4) is 0 Å². The largest absolute Gasteiger partial charge is 0.335 e. The minimum atomic E-state index is -0.981. The number of anilines is 1. The van der Waals surface area contributed by atoms with E-state index in [-0.39, 0.29) is 11.7 Å². The Hall–Kier alpha value is -1.65. The number of carbonyl (C=O) groups is 1. The zero-order chi connectivity index (χ0) is 14.4. The van der Waals surface area contributed by atoms with Crippen molar-refractivity contribution in [3.05, 3.63) is 29.8 Å². The number of rotatable bonds is 5. The minimum Gasteiger partial charge on any atom is -0.335 e. The second-order valence-electron chi connectivity index (χ2n) is 5.10. The Labute approximate surface area is 112 Å². The van der Waals surface area contributed by atoms with Crippen molar-refractivity contribution >= 4 is 11.7 Å². The second kappa shape index (κ2) is 7.07. The maximum Gasteiger partial charge on any atom is 0.319 e. The SMILES string of the molecule is CC(C)CCC(C)NC(=O)Nc1ccc(F)c(F)c1. The van der Waals surface area contributed by atoms with Crippen LogP contribution in [0.2, 0.25) is 0 Å². The van der Waals surface area contributed by atoms with E-state index in [9.17, 15) is 13.6 Å². The first kappa shape index (κ1) is 15.4. The van der Waals surface area contributed by atoms with Gasteiger partial charge >= 0.3 is 6.03 Å². The summed E-state index contributed by atoms with van der Waals surface area (Å²) in [5.74, 6) is -1.33. The number of urea groups is 1. The molecule has 0 aromatic heterocycles. The molecule has 0 aliphatic heterocycles. The summed E-state index contributed by atoms with van der Waals surface area (Å²) in [6.45, 7) is 6.15. The molecule has 106 valence electrons. The van der Waals surface area contributed by atoms with Crippen molar-refractivity contribution in [2.24, 2.45) is 5.92 Å². The highest BCUT2D eigenvalue weighted by atomic mass is 19.2. The molecule has 5 heteroatoms. The van der Waals surface area contributed by atoms with Crippen LogP contribution in [0.4, 0.5) is 19.3 Å². The molecule has 0 saturated heterocycles. The normalized spacial score (nSPS) is 12.3. The molecule has 0 fully saturated rings. The first-order valence-electron chi connectivity index (χ1n) is 6.41. The molecule has 1 aromatic carbocycles. The lowest BCUT2D eigenvalue weighted by Crippen LogP contribution is -2.36. The van der Waals surface area contributed by atoms with Gasteiger partial charge in [0.1, 0.15) is 0 Å². The highest BCUT2D eigenvalue weighted by Gasteiger charge is 2.09. The monoisotopic (exact) mass is 270 g/mol. The summed E-state index contributed by atoms with van der Waals surface area (Å²) >= 11 is 0. The third-order valence-electron chi connectivity index (χ3n) is 2.73. The molecule has 2 amide bonds. The molecule has 0 aliphatic carbocycles. The summed E-state index contributed by atoms with van der Waals surface area (Å²) in [7, 11) is 0. The third kappa shape index (κ3) is 5.68. The topological polar surface area (TPSA) is 41.1 Å². The quantitative estimate of drug-likeness (QED) is 0.836. The highest BCUT2D eigenvalue weighted by molar-refractivity contribution is 5.89. The Balaban J connectivity index is 2.44. The number of carbonyl (C=O) groups excluding carboxylic acids is 1. The van der Waals surface area contributed by atoms with Crippen LogP contribution in [0.15, 0.2) is 18.2 Å². The lowest BCUT2D eigenvalue weighted by Gasteiger charge is -2.15. The third-order valence-corrected chi connectivity index (χ3v) is 2.73. The van der Waals surface area contributed by atoms with E-state index in [1.165, 1.54) is 6.07 Å². The van der Waals surface area contributed by atoms with Gasteiger partial charge in [0.05, 0.1) is 0 Å². The first-order chi connectivity index (χ1) is 8.88. The van der Waals surface area contributed by atoms with Crippen LogP contribution in [-0.4, -0.2) is 12.1 Å². The van der Waals surface area contributed by atoms with Crippen LogP contribution in [-0.2, 0) is 0 Å². The molecule has 1 atom stereocenters. The minimum absolute atomic E-state index is 0.0349. The summed E-state index contributed by atoms with van der Waals surface area (Å²) in [6, 6.07) is 2.87. The van der Waals surface area contributed by atoms with Crippen molar-refractivity contribution in [2.75, 3.05) is 5.32 Å². The number of hydrogen-bond acceptors (Lipinski definition) is 1. The summed E-state index contributed by atoms with van der Waals surface area (Å²) in [5.41, 5.74) is 0.229. The van der Waals surface area contributed by atoms with Crippen LogP contribution in [0, 0.1) is 17.6 Å². The van der Waals surface area contributed by atoms with Gasteiger partial charge in [-0.3, -0.25) is 0 Å². The molecule has 0 bridgehead atoms. The molecule has 2 N–H and O–H groups in total. The molecule has 0 aliphatic rings. The maximum absolute atomic E-state index is 13.0. The van der Waals surface area contributed by atoms with Gasteiger partial charge in [-0.05, 0) is 37.8 Å². The van der Waals surface area contributed by atoms with E-state index >= 15 is 0 Å². The summed E-state index contributed by atoms with van der Waals surface area (Å²) in [4.78, 5) is 11.6. The van der Waals surface area contributed by atoms with Gasteiger partial charge < -0.3 is 10.6 Å². The number of nitrogens with one attached hydrogen (secondary N) is 2. The van der Waals surface area contributed by atoms with Gasteiger partial charge in [-0.2, -0.15) is 0 Å². The van der Waals surface area contributed by atoms with Gasteiger partial charge in [0.15, 0.2) is 11.6 Å². The number of benzene rings is 1. The zero-order valence-electron chi connectivity index (χ0n) is 11.5. The zero-order valence-corrected chi connectivity index (χ0v) is 11.5. The van der Waals surface area contributed by atoms with Gasteiger partial charge in [0, 0.05) is 17.8 Å². The smallest absolute Gasteiger partial charge is 0.319 e. The Morgan fingerprint density at radius 3 is 2.42 bits per heavy atom. The predicted molar refractivity (Wildman–Crippen MR) is 72.0 cm³/mol. The second-order valence-corrected chi connectivity index (χ2v) is 5.10. The van der Waals surface area contributed by atoms with E-state index in [1.807, 2.05) is 6.92 Å². The van der Waals surface area contributed by atoms with Crippen LogP contribution in [0.1, 0.15) is 33.6 Å². The number of hydrogen-bond donors (Lipinski definition) is 2. The van der Waals surface area contributed by atoms with Gasteiger partial charge in [0.2, 0.25) is 0 Å². The average Bonchev–Trinajstić information content (AvgIpc) is 2.31. The Morgan fingerprint density at radius 1 is 1.16 bits per heavy atom. The molecular formula is C14H20F2N2O. The standard InChI is InChI=1S/C14H20F2N2O/c1-9(2)4-5-10(3)17-14(19)18-11-6-7-12(15)13(16)8-11/h6-10H,4-5H2,1-3H3,(H2,17,18,19). The molecule has 3 nitrogen and oxygen atoms in total. The Morgan fingerprint density at radius 2 is 1.84 bits per heavy atom. The lowest BCUT2D eigenvalue weighted by molar-refractivity contribution is 0.248.